The van der Waals surface area contributed by atoms with Crippen LogP contribution in [-0.4, -0.2) is 40.9 Å². The van der Waals surface area contributed by atoms with Gasteiger partial charge >= 0.3 is 0 Å². The Bertz CT molecular complexity index is 542. The maximum Gasteiger partial charge on any atom is 0.224 e. The number of amides is 1. The van der Waals surface area contributed by atoms with Gasteiger partial charge in [0.1, 0.15) is 13.2 Å². The van der Waals surface area contributed by atoms with E-state index in [0.29, 0.717) is 32.7 Å². The lowest BCUT2D eigenvalue weighted by Crippen LogP contribution is -2.25. The average Bonchev–Trinajstić information content (AvgIpc) is 2.95. The number of fused-ring (bicyclic) bond motifs is 1. The molecule has 3 heterocycles. The molecule has 1 fully saturated rings. The van der Waals surface area contributed by atoms with Crippen LogP contribution in [0.3, 0.4) is 0 Å². The van der Waals surface area contributed by atoms with Crippen LogP contribution in [0.4, 0.5) is 0 Å². The lowest BCUT2D eigenvalue weighted by molar-refractivity contribution is -0.128. The first-order chi connectivity index (χ1) is 9.63. The highest BCUT2D eigenvalue weighted by Gasteiger charge is 2.32. The standard InChI is InChI=1S/C13H15NO4S2/c1-8(15)20-9-4-12(16)14(5-9)6-11-13-10(7-19-11)17-2-3-18-13/h7,9H,2-6H2,1H3. The maximum atomic E-state index is 12.0. The normalized spacial score (nSPS) is 21.4. The number of ether oxygens (including phenoxy) is 2. The van der Waals surface area contributed by atoms with E-state index < -0.39 is 0 Å². The summed E-state index contributed by atoms with van der Waals surface area (Å²) in [4.78, 5) is 25.9. The molecule has 1 aromatic heterocycles. The first kappa shape index (κ1) is 13.8. The fraction of sp³-hybridized carbons (Fsp3) is 0.538. The minimum absolute atomic E-state index is 0.0647. The van der Waals surface area contributed by atoms with E-state index in [2.05, 4.69) is 0 Å². The summed E-state index contributed by atoms with van der Waals surface area (Å²) >= 11 is 2.81. The summed E-state index contributed by atoms with van der Waals surface area (Å²) < 4.78 is 11.1. The number of hydrogen-bond acceptors (Lipinski definition) is 6. The summed E-state index contributed by atoms with van der Waals surface area (Å²) in [6.07, 6.45) is 0.440. The Morgan fingerprint density at radius 2 is 2.30 bits per heavy atom. The predicted molar refractivity (Wildman–Crippen MR) is 77.4 cm³/mol. The number of thioether (sulfide) groups is 1. The Morgan fingerprint density at radius 3 is 3.10 bits per heavy atom. The first-order valence-corrected chi connectivity index (χ1v) is 8.20. The van der Waals surface area contributed by atoms with Gasteiger partial charge < -0.3 is 14.4 Å². The van der Waals surface area contributed by atoms with Crippen LogP contribution in [0.2, 0.25) is 0 Å². The summed E-state index contributed by atoms with van der Waals surface area (Å²) in [6.45, 7) is 3.82. The minimum Gasteiger partial charge on any atom is -0.485 e. The largest absolute Gasteiger partial charge is 0.485 e. The van der Waals surface area contributed by atoms with E-state index in [4.69, 9.17) is 9.47 Å². The number of nitrogens with zero attached hydrogens (tertiary/aromatic N) is 1. The third-order valence-electron chi connectivity index (χ3n) is 3.22. The Labute approximate surface area is 125 Å². The van der Waals surface area contributed by atoms with Crippen LogP contribution in [0.25, 0.3) is 0 Å². The van der Waals surface area contributed by atoms with Gasteiger partial charge in [-0.2, -0.15) is 0 Å². The number of rotatable bonds is 3. The number of carbonyl (C=O) groups excluding carboxylic acids is 2. The van der Waals surface area contributed by atoms with Crippen molar-refractivity contribution in [3.05, 3.63) is 10.3 Å². The molecule has 0 radical (unpaired) electrons. The van der Waals surface area contributed by atoms with Gasteiger partial charge in [0.25, 0.3) is 0 Å². The predicted octanol–water partition coefficient (Wildman–Crippen LogP) is 1.90. The van der Waals surface area contributed by atoms with Crippen molar-refractivity contribution in [2.45, 2.75) is 25.1 Å². The van der Waals surface area contributed by atoms with Crippen molar-refractivity contribution in [3.8, 4) is 11.5 Å². The molecular formula is C13H15NO4S2. The molecule has 0 aromatic carbocycles. The molecule has 108 valence electrons. The van der Waals surface area contributed by atoms with Gasteiger partial charge in [0.15, 0.2) is 16.6 Å². The van der Waals surface area contributed by atoms with Crippen LogP contribution >= 0.6 is 23.1 Å². The third-order valence-corrected chi connectivity index (χ3v) is 5.13. The third kappa shape index (κ3) is 2.78. The van der Waals surface area contributed by atoms with E-state index in [0.717, 1.165) is 16.4 Å². The van der Waals surface area contributed by atoms with Gasteiger partial charge in [-0.3, -0.25) is 9.59 Å². The highest BCUT2D eigenvalue weighted by atomic mass is 32.2. The van der Waals surface area contributed by atoms with Crippen molar-refractivity contribution >= 4 is 34.1 Å². The lowest BCUT2D eigenvalue weighted by Gasteiger charge is -2.19. The number of carbonyl (C=O) groups is 2. The van der Waals surface area contributed by atoms with Crippen LogP contribution in [0.5, 0.6) is 11.5 Å². The van der Waals surface area contributed by atoms with E-state index >= 15 is 0 Å². The van der Waals surface area contributed by atoms with Gasteiger partial charge in [0.2, 0.25) is 5.91 Å². The number of likely N-dealkylation sites (tertiary alicyclic amines) is 1. The monoisotopic (exact) mass is 313 g/mol. The van der Waals surface area contributed by atoms with Gasteiger partial charge in [-0.05, 0) is 0 Å². The molecule has 1 atom stereocenters. The van der Waals surface area contributed by atoms with Crippen LogP contribution in [0, 0.1) is 0 Å². The van der Waals surface area contributed by atoms with E-state index in [-0.39, 0.29) is 16.3 Å². The number of hydrogen-bond donors (Lipinski definition) is 0. The minimum atomic E-state index is 0.0647. The summed E-state index contributed by atoms with van der Waals surface area (Å²) in [6, 6.07) is 0. The highest BCUT2D eigenvalue weighted by Crippen LogP contribution is 2.40. The molecule has 1 saturated heterocycles. The quantitative estimate of drug-likeness (QED) is 0.853. The lowest BCUT2D eigenvalue weighted by atomic mass is 10.3. The number of thiophene rings is 1. The van der Waals surface area contributed by atoms with E-state index in [1.54, 1.807) is 23.2 Å². The summed E-state index contributed by atoms with van der Waals surface area (Å²) in [5.74, 6) is 1.65. The second-order valence-corrected chi connectivity index (χ2v) is 7.20. The Morgan fingerprint density at radius 1 is 1.50 bits per heavy atom. The van der Waals surface area contributed by atoms with Crippen LogP contribution in [0.1, 0.15) is 18.2 Å². The molecule has 0 bridgehead atoms. The molecule has 1 aromatic rings. The van der Waals surface area contributed by atoms with Crippen molar-refractivity contribution in [1.82, 2.24) is 4.90 Å². The second kappa shape index (κ2) is 5.65. The first-order valence-electron chi connectivity index (χ1n) is 6.44. The van der Waals surface area contributed by atoms with Crippen LogP contribution in [0.15, 0.2) is 5.38 Å². The molecule has 0 saturated carbocycles. The summed E-state index contributed by atoms with van der Waals surface area (Å²) in [7, 11) is 0. The van der Waals surface area contributed by atoms with Crippen molar-refractivity contribution in [2.75, 3.05) is 19.8 Å². The van der Waals surface area contributed by atoms with Gasteiger partial charge in [-0.15, -0.1) is 11.3 Å². The second-order valence-electron chi connectivity index (χ2n) is 4.76. The molecule has 2 aliphatic rings. The zero-order valence-corrected chi connectivity index (χ0v) is 12.7. The molecule has 20 heavy (non-hydrogen) atoms. The molecule has 1 unspecified atom stereocenters. The topological polar surface area (TPSA) is 55.8 Å². The zero-order valence-electron chi connectivity index (χ0n) is 11.1. The Hall–Kier alpha value is -1.21. The molecule has 1 amide bonds. The molecular weight excluding hydrogens is 298 g/mol. The smallest absolute Gasteiger partial charge is 0.224 e. The molecule has 0 aliphatic carbocycles. The van der Waals surface area contributed by atoms with Crippen molar-refractivity contribution < 1.29 is 19.1 Å². The van der Waals surface area contributed by atoms with E-state index in [1.165, 1.54) is 11.8 Å². The summed E-state index contributed by atoms with van der Waals surface area (Å²) in [5.41, 5.74) is 0. The molecule has 5 nitrogen and oxygen atoms in total. The fourth-order valence-electron chi connectivity index (χ4n) is 2.40. The van der Waals surface area contributed by atoms with Gasteiger partial charge in [0.05, 0.1) is 11.4 Å². The van der Waals surface area contributed by atoms with Gasteiger partial charge in [-0.1, -0.05) is 11.8 Å². The SMILES string of the molecule is CC(=O)SC1CC(=O)N(Cc2scc3c2OCCO3)C1. The van der Waals surface area contributed by atoms with Crippen molar-refractivity contribution in [1.29, 1.82) is 0 Å². The summed E-state index contributed by atoms with van der Waals surface area (Å²) in [5, 5.41) is 2.06. The highest BCUT2D eigenvalue weighted by molar-refractivity contribution is 8.14. The van der Waals surface area contributed by atoms with Crippen LogP contribution in [-0.2, 0) is 16.1 Å². The van der Waals surface area contributed by atoms with Crippen molar-refractivity contribution in [2.24, 2.45) is 0 Å². The maximum absolute atomic E-state index is 12.0. The van der Waals surface area contributed by atoms with E-state index in [9.17, 15) is 9.59 Å². The molecule has 3 rings (SSSR count). The van der Waals surface area contributed by atoms with Gasteiger partial charge in [-0.25, -0.2) is 0 Å². The average molecular weight is 313 g/mol. The van der Waals surface area contributed by atoms with Gasteiger partial charge in [0, 0.05) is 30.5 Å². The Balaban J connectivity index is 1.67. The molecule has 0 spiro atoms. The molecule has 7 heteroatoms. The molecule has 0 N–H and O–H groups in total. The van der Waals surface area contributed by atoms with E-state index in [1.807, 2.05) is 5.38 Å². The van der Waals surface area contributed by atoms with Crippen molar-refractivity contribution in [3.63, 3.8) is 0 Å². The fourth-order valence-corrected chi connectivity index (χ4v) is 4.27. The molecule has 2 aliphatic heterocycles. The van der Waals surface area contributed by atoms with Crippen LogP contribution < -0.4 is 9.47 Å². The zero-order chi connectivity index (χ0) is 14.1. The Kier molecular flexibility index (Phi) is 3.89.